The lowest BCUT2D eigenvalue weighted by Crippen LogP contribution is -2.25. The molecule has 25 heavy (non-hydrogen) atoms. The van der Waals surface area contributed by atoms with Gasteiger partial charge in [-0.1, -0.05) is 0 Å². The summed E-state index contributed by atoms with van der Waals surface area (Å²) in [6, 6.07) is 5.70. The minimum atomic E-state index is -0.0670. The summed E-state index contributed by atoms with van der Waals surface area (Å²) in [6.45, 7) is 4.44. The molecule has 0 radical (unpaired) electrons. The number of amides is 1. The molecule has 0 saturated carbocycles. The van der Waals surface area contributed by atoms with Crippen molar-refractivity contribution in [1.29, 1.82) is 0 Å². The third-order valence-electron chi connectivity index (χ3n) is 3.92. The quantitative estimate of drug-likeness (QED) is 0.657. The fraction of sp³-hybridized carbons (Fsp3) is 0.389. The van der Waals surface area contributed by atoms with Gasteiger partial charge in [0.15, 0.2) is 5.65 Å². The summed E-state index contributed by atoms with van der Waals surface area (Å²) in [5.41, 5.74) is 3.03. The highest BCUT2D eigenvalue weighted by atomic mass is 32.2. The van der Waals surface area contributed by atoms with Crippen molar-refractivity contribution in [2.75, 3.05) is 12.3 Å². The molecular formula is C18H22N4O2S. The third-order valence-corrected chi connectivity index (χ3v) is 4.98. The molecule has 6 nitrogen and oxygen atoms in total. The van der Waals surface area contributed by atoms with Gasteiger partial charge < -0.3 is 9.73 Å². The molecule has 0 spiro atoms. The molecule has 7 heteroatoms. The van der Waals surface area contributed by atoms with Crippen LogP contribution in [-0.2, 0) is 12.8 Å². The second-order valence-corrected chi connectivity index (χ2v) is 7.07. The molecule has 3 heterocycles. The molecule has 0 atom stereocenters. The number of aromatic nitrogens is 3. The van der Waals surface area contributed by atoms with Crippen molar-refractivity contribution in [2.24, 2.45) is 7.05 Å². The van der Waals surface area contributed by atoms with E-state index in [-0.39, 0.29) is 5.91 Å². The van der Waals surface area contributed by atoms with Gasteiger partial charge in [-0.2, -0.15) is 16.9 Å². The minimum Gasteiger partial charge on any atom is -0.468 e. The lowest BCUT2D eigenvalue weighted by Gasteiger charge is -2.08. The highest BCUT2D eigenvalue weighted by Gasteiger charge is 2.17. The number of thioether (sulfide) groups is 1. The zero-order valence-corrected chi connectivity index (χ0v) is 15.5. The van der Waals surface area contributed by atoms with Gasteiger partial charge in [0, 0.05) is 19.3 Å². The zero-order chi connectivity index (χ0) is 17.8. The largest absolute Gasteiger partial charge is 0.468 e. The molecule has 0 saturated heterocycles. The average molecular weight is 358 g/mol. The predicted molar refractivity (Wildman–Crippen MR) is 99.8 cm³/mol. The highest BCUT2D eigenvalue weighted by Crippen LogP contribution is 2.21. The molecule has 0 bridgehead atoms. The van der Waals surface area contributed by atoms with Crippen LogP contribution in [0.3, 0.4) is 0 Å². The number of carbonyl (C=O) groups excluding carboxylic acids is 1. The Hall–Kier alpha value is -2.28. The normalized spacial score (nSPS) is 11.2. The Bertz CT molecular complexity index is 871. The molecule has 0 aliphatic carbocycles. The van der Waals surface area contributed by atoms with E-state index >= 15 is 0 Å². The summed E-state index contributed by atoms with van der Waals surface area (Å²) in [6.07, 6.45) is 2.60. The number of aryl methyl sites for hydroxylation is 3. The Labute approximate surface area is 151 Å². The molecule has 0 unspecified atom stereocenters. The van der Waals surface area contributed by atoms with Gasteiger partial charge in [0.25, 0.3) is 5.91 Å². The Morgan fingerprint density at radius 3 is 3.00 bits per heavy atom. The molecule has 3 rings (SSSR count). The van der Waals surface area contributed by atoms with Gasteiger partial charge in [0.05, 0.1) is 28.7 Å². The first-order valence-corrected chi connectivity index (χ1v) is 9.41. The van der Waals surface area contributed by atoms with Crippen LogP contribution in [-0.4, -0.2) is 33.0 Å². The highest BCUT2D eigenvalue weighted by molar-refractivity contribution is 7.98. The smallest absolute Gasteiger partial charge is 0.252 e. The summed E-state index contributed by atoms with van der Waals surface area (Å²) in [7, 11) is 1.85. The minimum absolute atomic E-state index is 0.0670. The fourth-order valence-electron chi connectivity index (χ4n) is 2.79. The van der Waals surface area contributed by atoms with Crippen LogP contribution in [0.1, 0.15) is 33.9 Å². The predicted octanol–water partition coefficient (Wildman–Crippen LogP) is 3.23. The van der Waals surface area contributed by atoms with Crippen molar-refractivity contribution in [3.63, 3.8) is 0 Å². The van der Waals surface area contributed by atoms with Crippen LogP contribution < -0.4 is 5.32 Å². The fourth-order valence-corrected chi connectivity index (χ4v) is 3.65. The van der Waals surface area contributed by atoms with Gasteiger partial charge in [0.1, 0.15) is 5.76 Å². The van der Waals surface area contributed by atoms with Gasteiger partial charge in [-0.3, -0.25) is 9.48 Å². The zero-order valence-electron chi connectivity index (χ0n) is 14.7. The summed E-state index contributed by atoms with van der Waals surface area (Å²) < 4.78 is 7.02. The van der Waals surface area contributed by atoms with E-state index in [1.807, 2.05) is 39.1 Å². The van der Waals surface area contributed by atoms with Crippen molar-refractivity contribution in [3.8, 4) is 0 Å². The van der Waals surface area contributed by atoms with E-state index in [9.17, 15) is 4.79 Å². The lowest BCUT2D eigenvalue weighted by molar-refractivity contribution is 0.0955. The van der Waals surface area contributed by atoms with Gasteiger partial charge in [-0.25, -0.2) is 4.98 Å². The van der Waals surface area contributed by atoms with Gasteiger partial charge in [-0.05, 0) is 44.2 Å². The van der Waals surface area contributed by atoms with Crippen molar-refractivity contribution in [1.82, 2.24) is 20.1 Å². The van der Waals surface area contributed by atoms with Crippen LogP contribution >= 0.6 is 11.8 Å². The summed E-state index contributed by atoms with van der Waals surface area (Å²) in [5.74, 6) is 2.75. The number of fused-ring (bicyclic) bond motifs is 1. The summed E-state index contributed by atoms with van der Waals surface area (Å²) in [5, 5.41) is 8.22. The first kappa shape index (κ1) is 17.5. The maximum Gasteiger partial charge on any atom is 0.252 e. The maximum atomic E-state index is 12.6. The van der Waals surface area contributed by atoms with Crippen LogP contribution in [0.15, 0.2) is 28.9 Å². The number of nitrogens with zero attached hydrogens (tertiary/aromatic N) is 3. The van der Waals surface area contributed by atoms with E-state index in [1.165, 1.54) is 0 Å². The SMILES string of the molecule is Cc1cc(C(=O)NCCCSCc2ccco2)c2c(C)nn(C)c2n1. The molecule has 132 valence electrons. The molecule has 1 amide bonds. The van der Waals surface area contributed by atoms with E-state index in [4.69, 9.17) is 4.42 Å². The number of pyridine rings is 1. The Kier molecular flexibility index (Phi) is 5.43. The molecule has 3 aromatic rings. The van der Waals surface area contributed by atoms with Crippen molar-refractivity contribution >= 4 is 28.7 Å². The molecule has 0 aliphatic heterocycles. The monoisotopic (exact) mass is 358 g/mol. The Balaban J connectivity index is 1.55. The summed E-state index contributed by atoms with van der Waals surface area (Å²) in [4.78, 5) is 17.1. The standard InChI is InChI=1S/C18H22N4O2S/c1-12-10-15(16-13(2)21-22(3)17(16)20-12)18(23)19-7-5-9-25-11-14-6-4-8-24-14/h4,6,8,10H,5,7,9,11H2,1-3H3,(H,19,23). The Morgan fingerprint density at radius 2 is 2.24 bits per heavy atom. The number of hydrogen-bond acceptors (Lipinski definition) is 5. The molecule has 1 N–H and O–H groups in total. The lowest BCUT2D eigenvalue weighted by atomic mass is 10.1. The van der Waals surface area contributed by atoms with E-state index in [0.29, 0.717) is 12.1 Å². The number of nitrogens with one attached hydrogen (secondary N) is 1. The Morgan fingerprint density at radius 1 is 1.40 bits per heavy atom. The topological polar surface area (TPSA) is 73.0 Å². The van der Waals surface area contributed by atoms with Crippen LogP contribution in [0, 0.1) is 13.8 Å². The molecule has 0 fully saturated rings. The van der Waals surface area contributed by atoms with Crippen LogP contribution in [0.2, 0.25) is 0 Å². The molecule has 0 aliphatic rings. The average Bonchev–Trinajstić information content (AvgIpc) is 3.18. The number of hydrogen-bond donors (Lipinski definition) is 1. The first-order chi connectivity index (χ1) is 12.1. The summed E-state index contributed by atoms with van der Waals surface area (Å²) >= 11 is 1.80. The number of rotatable bonds is 7. The van der Waals surface area contributed by atoms with E-state index in [0.717, 1.165) is 46.1 Å². The van der Waals surface area contributed by atoms with Gasteiger partial charge >= 0.3 is 0 Å². The maximum absolute atomic E-state index is 12.6. The van der Waals surface area contributed by atoms with Crippen LogP contribution in [0.25, 0.3) is 11.0 Å². The van der Waals surface area contributed by atoms with E-state index < -0.39 is 0 Å². The molecule has 3 aromatic heterocycles. The second-order valence-electron chi connectivity index (χ2n) is 5.96. The second kappa shape index (κ2) is 7.74. The van der Waals surface area contributed by atoms with Crippen molar-refractivity contribution in [3.05, 3.63) is 47.2 Å². The van der Waals surface area contributed by atoms with Crippen molar-refractivity contribution < 1.29 is 9.21 Å². The number of furan rings is 1. The molecule has 0 aromatic carbocycles. The van der Waals surface area contributed by atoms with Crippen molar-refractivity contribution in [2.45, 2.75) is 26.0 Å². The van der Waals surface area contributed by atoms with Crippen LogP contribution in [0.5, 0.6) is 0 Å². The molecular weight excluding hydrogens is 336 g/mol. The van der Waals surface area contributed by atoms with Gasteiger partial charge in [-0.15, -0.1) is 0 Å². The van der Waals surface area contributed by atoms with E-state index in [1.54, 1.807) is 22.7 Å². The number of carbonyl (C=O) groups is 1. The van der Waals surface area contributed by atoms with Gasteiger partial charge in [0.2, 0.25) is 0 Å². The third kappa shape index (κ3) is 4.04. The first-order valence-electron chi connectivity index (χ1n) is 8.25. The van der Waals surface area contributed by atoms with Crippen LogP contribution in [0.4, 0.5) is 0 Å². The van der Waals surface area contributed by atoms with E-state index in [2.05, 4.69) is 15.4 Å².